The minimum absolute atomic E-state index is 0.0672. The molecule has 1 unspecified atom stereocenters. The summed E-state index contributed by atoms with van der Waals surface area (Å²) in [5.74, 6) is 0.0416. The molecule has 1 amide bonds. The van der Waals surface area contributed by atoms with Crippen molar-refractivity contribution in [2.24, 2.45) is 11.7 Å². The number of pyridine rings is 1. The molecule has 2 heterocycles. The zero-order valence-electron chi connectivity index (χ0n) is 10.1. The van der Waals surface area contributed by atoms with Crippen LogP contribution in [0.25, 0.3) is 5.65 Å². The first-order valence-corrected chi connectivity index (χ1v) is 6.35. The highest BCUT2D eigenvalue weighted by molar-refractivity contribution is 9.10. The molecule has 1 atom stereocenters. The number of amides is 1. The lowest BCUT2D eigenvalue weighted by atomic mass is 10.0. The molecule has 0 bridgehead atoms. The lowest BCUT2D eigenvalue weighted by Gasteiger charge is -2.17. The van der Waals surface area contributed by atoms with Gasteiger partial charge in [0.2, 0.25) is 11.9 Å². The summed E-state index contributed by atoms with van der Waals surface area (Å²) in [5.41, 5.74) is 6.02. The van der Waals surface area contributed by atoms with E-state index in [4.69, 9.17) is 5.73 Å². The second kappa shape index (κ2) is 4.93. The van der Waals surface area contributed by atoms with Gasteiger partial charge in [0.1, 0.15) is 6.04 Å². The predicted octanol–water partition coefficient (Wildman–Crippen LogP) is 1.41. The van der Waals surface area contributed by atoms with Crippen molar-refractivity contribution in [2.75, 3.05) is 5.32 Å². The van der Waals surface area contributed by atoms with Crippen molar-refractivity contribution < 1.29 is 4.79 Å². The van der Waals surface area contributed by atoms with E-state index in [1.54, 1.807) is 10.7 Å². The SMILES string of the molecule is CC(C)C(Nc1nc2c(Br)cccn2n1)C(N)=O. The van der Waals surface area contributed by atoms with Gasteiger partial charge < -0.3 is 11.1 Å². The molecular formula is C11H14BrN5O. The van der Waals surface area contributed by atoms with Crippen LogP contribution in [0.15, 0.2) is 22.8 Å². The molecule has 96 valence electrons. The summed E-state index contributed by atoms with van der Waals surface area (Å²) in [7, 11) is 0. The fraction of sp³-hybridized carbons (Fsp3) is 0.364. The molecule has 3 N–H and O–H groups in total. The number of rotatable bonds is 4. The number of nitrogens with one attached hydrogen (secondary N) is 1. The lowest BCUT2D eigenvalue weighted by molar-refractivity contribution is -0.119. The van der Waals surface area contributed by atoms with Gasteiger partial charge in [0.25, 0.3) is 0 Å². The summed E-state index contributed by atoms with van der Waals surface area (Å²) < 4.78 is 2.47. The van der Waals surface area contributed by atoms with Gasteiger partial charge in [-0.05, 0) is 34.0 Å². The Morgan fingerprint density at radius 1 is 1.56 bits per heavy atom. The van der Waals surface area contributed by atoms with E-state index in [1.807, 2.05) is 26.0 Å². The second-order valence-electron chi connectivity index (χ2n) is 4.33. The summed E-state index contributed by atoms with van der Waals surface area (Å²) in [6.45, 7) is 3.82. The Morgan fingerprint density at radius 3 is 2.83 bits per heavy atom. The number of carbonyl (C=O) groups is 1. The first-order valence-electron chi connectivity index (χ1n) is 5.56. The maximum Gasteiger partial charge on any atom is 0.243 e. The highest BCUT2D eigenvalue weighted by Gasteiger charge is 2.21. The van der Waals surface area contributed by atoms with Gasteiger partial charge in [0.15, 0.2) is 5.65 Å². The van der Waals surface area contributed by atoms with Gasteiger partial charge in [-0.15, -0.1) is 5.10 Å². The van der Waals surface area contributed by atoms with Gasteiger partial charge in [-0.2, -0.15) is 4.98 Å². The average Bonchev–Trinajstić information content (AvgIpc) is 2.69. The van der Waals surface area contributed by atoms with E-state index in [1.165, 1.54) is 0 Å². The Kier molecular flexibility index (Phi) is 3.51. The Morgan fingerprint density at radius 2 is 2.28 bits per heavy atom. The number of halogens is 1. The Labute approximate surface area is 113 Å². The molecule has 0 fully saturated rings. The molecule has 2 aromatic heterocycles. The minimum atomic E-state index is -0.485. The highest BCUT2D eigenvalue weighted by Crippen LogP contribution is 2.17. The van der Waals surface area contributed by atoms with Gasteiger partial charge in [-0.1, -0.05) is 13.8 Å². The fourth-order valence-corrected chi connectivity index (χ4v) is 2.06. The number of nitrogens with zero attached hydrogens (tertiary/aromatic N) is 3. The van der Waals surface area contributed by atoms with Gasteiger partial charge in [0, 0.05) is 6.20 Å². The summed E-state index contributed by atoms with van der Waals surface area (Å²) in [6.07, 6.45) is 1.78. The summed E-state index contributed by atoms with van der Waals surface area (Å²) in [5, 5.41) is 7.19. The topological polar surface area (TPSA) is 85.3 Å². The van der Waals surface area contributed by atoms with Crippen molar-refractivity contribution in [1.29, 1.82) is 0 Å². The van der Waals surface area contributed by atoms with E-state index in [0.717, 1.165) is 4.47 Å². The van der Waals surface area contributed by atoms with Crippen LogP contribution in [0.1, 0.15) is 13.8 Å². The van der Waals surface area contributed by atoms with Crippen LogP contribution in [-0.4, -0.2) is 26.5 Å². The first kappa shape index (κ1) is 12.8. The number of nitrogens with two attached hydrogens (primary N) is 1. The molecule has 0 radical (unpaired) electrons. The van der Waals surface area contributed by atoms with Crippen LogP contribution in [0.5, 0.6) is 0 Å². The van der Waals surface area contributed by atoms with E-state index in [0.29, 0.717) is 11.6 Å². The zero-order chi connectivity index (χ0) is 13.3. The van der Waals surface area contributed by atoms with E-state index >= 15 is 0 Å². The van der Waals surface area contributed by atoms with Crippen molar-refractivity contribution in [3.63, 3.8) is 0 Å². The maximum absolute atomic E-state index is 11.3. The quantitative estimate of drug-likeness (QED) is 0.894. The Hall–Kier alpha value is -1.63. The van der Waals surface area contributed by atoms with E-state index in [2.05, 4.69) is 31.3 Å². The van der Waals surface area contributed by atoms with Crippen LogP contribution in [0.2, 0.25) is 0 Å². The molecule has 0 saturated heterocycles. The number of fused-ring (bicyclic) bond motifs is 1. The molecule has 0 aliphatic carbocycles. The van der Waals surface area contributed by atoms with Crippen molar-refractivity contribution in [3.8, 4) is 0 Å². The Balaban J connectivity index is 2.32. The van der Waals surface area contributed by atoms with Crippen molar-refractivity contribution in [1.82, 2.24) is 14.6 Å². The number of anilines is 1. The van der Waals surface area contributed by atoms with E-state index in [-0.39, 0.29) is 5.92 Å². The van der Waals surface area contributed by atoms with Crippen LogP contribution in [0, 0.1) is 5.92 Å². The second-order valence-corrected chi connectivity index (χ2v) is 5.18. The van der Waals surface area contributed by atoms with Gasteiger partial charge in [-0.25, -0.2) is 4.52 Å². The van der Waals surface area contributed by atoms with Gasteiger partial charge in [0.05, 0.1) is 4.47 Å². The molecule has 7 heteroatoms. The van der Waals surface area contributed by atoms with Gasteiger partial charge >= 0.3 is 0 Å². The lowest BCUT2D eigenvalue weighted by Crippen LogP contribution is -2.39. The standard InChI is InChI=1S/C11H14BrN5O/c1-6(2)8(9(13)18)14-11-15-10-7(12)4-3-5-17(10)16-11/h3-6,8H,1-2H3,(H2,13,18)(H,14,16). The molecule has 2 aromatic rings. The van der Waals surface area contributed by atoms with Crippen molar-refractivity contribution in [2.45, 2.75) is 19.9 Å². The molecular weight excluding hydrogens is 298 g/mol. The number of primary amides is 1. The summed E-state index contributed by atoms with van der Waals surface area (Å²) in [6, 6.07) is 3.24. The van der Waals surface area contributed by atoms with Crippen LogP contribution in [0.4, 0.5) is 5.95 Å². The van der Waals surface area contributed by atoms with Crippen LogP contribution in [0.3, 0.4) is 0 Å². The third-order valence-electron chi connectivity index (χ3n) is 2.57. The number of hydrogen-bond acceptors (Lipinski definition) is 4. The van der Waals surface area contributed by atoms with Gasteiger partial charge in [-0.3, -0.25) is 4.79 Å². The molecule has 0 aliphatic rings. The molecule has 0 saturated carbocycles. The number of hydrogen-bond donors (Lipinski definition) is 2. The first-order chi connectivity index (χ1) is 8.49. The number of aromatic nitrogens is 3. The summed E-state index contributed by atoms with van der Waals surface area (Å²) in [4.78, 5) is 15.6. The smallest absolute Gasteiger partial charge is 0.243 e. The third-order valence-corrected chi connectivity index (χ3v) is 3.19. The highest BCUT2D eigenvalue weighted by atomic mass is 79.9. The predicted molar refractivity (Wildman–Crippen MR) is 72.1 cm³/mol. The molecule has 6 nitrogen and oxygen atoms in total. The maximum atomic E-state index is 11.3. The van der Waals surface area contributed by atoms with Crippen LogP contribution < -0.4 is 11.1 Å². The Bertz CT molecular complexity index is 580. The molecule has 0 aliphatic heterocycles. The fourth-order valence-electron chi connectivity index (χ4n) is 1.64. The molecule has 0 aromatic carbocycles. The zero-order valence-corrected chi connectivity index (χ0v) is 11.7. The van der Waals surface area contributed by atoms with E-state index in [9.17, 15) is 4.79 Å². The summed E-state index contributed by atoms with van der Waals surface area (Å²) >= 11 is 3.39. The molecule has 18 heavy (non-hydrogen) atoms. The molecule has 2 rings (SSSR count). The van der Waals surface area contributed by atoms with Crippen molar-refractivity contribution in [3.05, 3.63) is 22.8 Å². The number of carbonyl (C=O) groups excluding carboxylic acids is 1. The normalized spacial score (nSPS) is 12.9. The van der Waals surface area contributed by atoms with E-state index < -0.39 is 11.9 Å². The molecule has 0 spiro atoms. The monoisotopic (exact) mass is 311 g/mol. The van der Waals surface area contributed by atoms with Crippen LogP contribution >= 0.6 is 15.9 Å². The third kappa shape index (κ3) is 2.45. The minimum Gasteiger partial charge on any atom is -0.368 e. The average molecular weight is 312 g/mol. The van der Waals surface area contributed by atoms with Crippen LogP contribution in [-0.2, 0) is 4.79 Å². The van der Waals surface area contributed by atoms with Crippen molar-refractivity contribution >= 4 is 33.4 Å². The largest absolute Gasteiger partial charge is 0.368 e.